The highest BCUT2D eigenvalue weighted by Crippen LogP contribution is 2.30. The number of nitrogens with zero attached hydrogens (tertiary/aromatic N) is 2. The predicted octanol–water partition coefficient (Wildman–Crippen LogP) is 3.62. The van der Waals surface area contributed by atoms with Crippen LogP contribution in [0.5, 0.6) is 6.01 Å². The summed E-state index contributed by atoms with van der Waals surface area (Å²) < 4.78 is 63.7. The van der Waals surface area contributed by atoms with E-state index in [1.54, 1.807) is 13.8 Å². The first-order valence-electron chi connectivity index (χ1n) is 7.93. The fourth-order valence-corrected chi connectivity index (χ4v) is 2.40. The summed E-state index contributed by atoms with van der Waals surface area (Å²) in [5, 5.41) is -0.323. The Kier molecular flexibility index (Phi) is 6.54. The van der Waals surface area contributed by atoms with Gasteiger partial charge in [-0.05, 0) is 26.0 Å². The van der Waals surface area contributed by atoms with Crippen molar-refractivity contribution in [3.8, 4) is 24.0 Å². The Morgan fingerprint density at radius 2 is 2.00 bits per heavy atom. The molecule has 0 radical (unpaired) electrons. The molecule has 0 atom stereocenters. The Bertz CT molecular complexity index is 1040. The summed E-state index contributed by atoms with van der Waals surface area (Å²) in [7, 11) is 0. The Morgan fingerprint density at radius 1 is 1.34 bits per heavy atom. The Labute approximate surface area is 167 Å². The fraction of sp³-hybridized carbons (Fsp3) is 0.278. The third-order valence-corrected chi connectivity index (χ3v) is 3.62. The molecule has 0 unspecified atom stereocenters. The van der Waals surface area contributed by atoms with Crippen molar-refractivity contribution in [2.24, 2.45) is 0 Å². The largest absolute Gasteiger partial charge is 0.459 e. The molecule has 0 amide bonds. The lowest BCUT2D eigenvalue weighted by Gasteiger charge is -2.16. The number of esters is 1. The van der Waals surface area contributed by atoms with E-state index in [-0.39, 0.29) is 16.7 Å². The van der Waals surface area contributed by atoms with E-state index in [1.807, 2.05) is 5.92 Å². The smallest absolute Gasteiger partial charge is 0.433 e. The summed E-state index contributed by atoms with van der Waals surface area (Å²) >= 11 is 5.87. The van der Waals surface area contributed by atoms with Crippen molar-refractivity contribution in [1.82, 2.24) is 9.55 Å². The molecule has 6 nitrogen and oxygen atoms in total. The van der Waals surface area contributed by atoms with Gasteiger partial charge in [0.15, 0.2) is 12.3 Å². The van der Waals surface area contributed by atoms with Crippen molar-refractivity contribution in [3.05, 3.63) is 50.7 Å². The van der Waals surface area contributed by atoms with E-state index in [4.69, 9.17) is 27.5 Å². The SMILES string of the molecule is C#CCOc1nc(C(F)(F)F)cc(=O)n1-c1cc(C(=O)OC(C)C)c(Cl)cc1F. The van der Waals surface area contributed by atoms with Gasteiger partial charge in [-0.25, -0.2) is 13.8 Å². The summed E-state index contributed by atoms with van der Waals surface area (Å²) in [4.78, 5) is 27.7. The van der Waals surface area contributed by atoms with E-state index < -0.39 is 53.6 Å². The first kappa shape index (κ1) is 22.2. The van der Waals surface area contributed by atoms with Gasteiger partial charge in [-0.15, -0.1) is 6.42 Å². The number of carbonyl (C=O) groups excluding carboxylic acids is 1. The number of rotatable bonds is 5. The van der Waals surface area contributed by atoms with Gasteiger partial charge in [0.05, 0.1) is 22.4 Å². The molecule has 0 aliphatic heterocycles. The number of ether oxygens (including phenoxy) is 2. The van der Waals surface area contributed by atoms with E-state index in [2.05, 4.69) is 4.98 Å². The number of hydrogen-bond acceptors (Lipinski definition) is 5. The van der Waals surface area contributed by atoms with Gasteiger partial charge in [0.1, 0.15) is 5.82 Å². The first-order valence-corrected chi connectivity index (χ1v) is 8.31. The molecule has 0 bridgehead atoms. The number of halogens is 5. The van der Waals surface area contributed by atoms with Gasteiger partial charge in [-0.3, -0.25) is 4.79 Å². The summed E-state index contributed by atoms with van der Waals surface area (Å²) in [5.74, 6) is -0.0461. The minimum absolute atomic E-state index is 0.156. The molecule has 1 aromatic carbocycles. The maximum absolute atomic E-state index is 14.5. The van der Waals surface area contributed by atoms with E-state index in [1.165, 1.54) is 0 Å². The van der Waals surface area contributed by atoms with E-state index >= 15 is 0 Å². The average molecular weight is 433 g/mol. The van der Waals surface area contributed by atoms with Crippen LogP contribution in [0.1, 0.15) is 29.9 Å². The van der Waals surface area contributed by atoms with Crippen molar-refractivity contribution in [3.63, 3.8) is 0 Å². The number of hydrogen-bond donors (Lipinski definition) is 0. The fourth-order valence-electron chi connectivity index (χ4n) is 2.17. The zero-order chi connectivity index (χ0) is 21.9. The third kappa shape index (κ3) is 5.06. The van der Waals surface area contributed by atoms with Gasteiger partial charge >= 0.3 is 18.2 Å². The molecule has 0 saturated carbocycles. The number of aromatic nitrogens is 2. The standard InChI is InChI=1S/C18H13ClF4N2O4/c1-4-5-28-17-24-14(18(21,22)23)8-15(26)25(17)13-6-10(11(19)7-12(13)20)16(27)29-9(2)3/h1,6-9H,5H2,2-3H3. The zero-order valence-corrected chi connectivity index (χ0v) is 15.8. The molecule has 1 heterocycles. The lowest BCUT2D eigenvalue weighted by Crippen LogP contribution is -2.26. The number of terminal acetylenes is 1. The van der Waals surface area contributed by atoms with E-state index in [0.717, 1.165) is 6.07 Å². The van der Waals surface area contributed by atoms with Crippen LogP contribution in [-0.4, -0.2) is 28.2 Å². The molecule has 11 heteroatoms. The molecule has 154 valence electrons. The maximum Gasteiger partial charge on any atom is 0.433 e. The third-order valence-electron chi connectivity index (χ3n) is 3.30. The van der Waals surface area contributed by atoms with Crippen LogP contribution < -0.4 is 10.3 Å². The molecular formula is C18H13ClF4N2O4. The highest BCUT2D eigenvalue weighted by Gasteiger charge is 2.35. The topological polar surface area (TPSA) is 70.4 Å². The number of benzene rings is 1. The van der Waals surface area contributed by atoms with Crippen molar-refractivity contribution in [2.45, 2.75) is 26.1 Å². The van der Waals surface area contributed by atoms with Crippen molar-refractivity contribution in [1.29, 1.82) is 0 Å². The highest BCUT2D eigenvalue weighted by atomic mass is 35.5. The lowest BCUT2D eigenvalue weighted by molar-refractivity contribution is -0.141. The monoisotopic (exact) mass is 432 g/mol. The van der Waals surface area contributed by atoms with Crippen LogP contribution in [0.25, 0.3) is 5.69 Å². The van der Waals surface area contributed by atoms with Crippen LogP contribution in [0.2, 0.25) is 5.02 Å². The molecule has 1 aromatic heterocycles. The molecule has 0 N–H and O–H groups in total. The van der Waals surface area contributed by atoms with Crippen molar-refractivity contribution < 1.29 is 31.8 Å². The minimum Gasteiger partial charge on any atom is -0.459 e. The number of carbonyl (C=O) groups is 1. The number of alkyl halides is 3. The van der Waals surface area contributed by atoms with Gasteiger partial charge in [0.2, 0.25) is 0 Å². The second-order valence-corrected chi connectivity index (χ2v) is 6.23. The maximum atomic E-state index is 14.5. The first-order chi connectivity index (χ1) is 13.5. The van der Waals surface area contributed by atoms with E-state index in [9.17, 15) is 27.2 Å². The second-order valence-electron chi connectivity index (χ2n) is 5.83. The van der Waals surface area contributed by atoms with Gasteiger partial charge < -0.3 is 9.47 Å². The van der Waals surface area contributed by atoms with Crippen molar-refractivity contribution in [2.75, 3.05) is 6.61 Å². The molecule has 0 aliphatic rings. The molecule has 2 aromatic rings. The minimum atomic E-state index is -4.96. The molecule has 0 aliphatic carbocycles. The lowest BCUT2D eigenvalue weighted by atomic mass is 10.2. The average Bonchev–Trinajstić information content (AvgIpc) is 2.59. The van der Waals surface area contributed by atoms with Gasteiger partial charge in [0, 0.05) is 6.07 Å². The Morgan fingerprint density at radius 3 is 2.55 bits per heavy atom. The van der Waals surface area contributed by atoms with Gasteiger partial charge in [-0.2, -0.15) is 18.2 Å². The summed E-state index contributed by atoms with van der Waals surface area (Å²) in [6, 6.07) is 0.805. The Balaban J connectivity index is 2.74. The van der Waals surface area contributed by atoms with Crippen LogP contribution in [0.3, 0.4) is 0 Å². The molecule has 29 heavy (non-hydrogen) atoms. The highest BCUT2D eigenvalue weighted by molar-refractivity contribution is 6.33. The van der Waals surface area contributed by atoms with Crippen molar-refractivity contribution >= 4 is 17.6 Å². The second kappa shape index (κ2) is 8.53. The van der Waals surface area contributed by atoms with Crippen LogP contribution in [0.4, 0.5) is 17.6 Å². The predicted molar refractivity (Wildman–Crippen MR) is 94.7 cm³/mol. The van der Waals surface area contributed by atoms with Crippen LogP contribution in [-0.2, 0) is 10.9 Å². The Hall–Kier alpha value is -3.06. The van der Waals surface area contributed by atoms with Gasteiger partial charge in [-0.1, -0.05) is 17.5 Å². The summed E-state index contributed by atoms with van der Waals surface area (Å²) in [6.45, 7) is 2.57. The van der Waals surface area contributed by atoms with Crippen LogP contribution in [0, 0.1) is 18.2 Å². The van der Waals surface area contributed by atoms with Crippen LogP contribution in [0.15, 0.2) is 23.0 Å². The van der Waals surface area contributed by atoms with E-state index in [0.29, 0.717) is 10.6 Å². The molecular weight excluding hydrogens is 420 g/mol. The molecule has 2 rings (SSSR count). The summed E-state index contributed by atoms with van der Waals surface area (Å²) in [5.41, 5.74) is -3.81. The molecule has 0 saturated heterocycles. The molecule has 0 fully saturated rings. The quantitative estimate of drug-likeness (QED) is 0.410. The molecule has 0 spiro atoms. The van der Waals surface area contributed by atoms with Gasteiger partial charge in [0.25, 0.3) is 5.56 Å². The zero-order valence-electron chi connectivity index (χ0n) is 15.0. The summed E-state index contributed by atoms with van der Waals surface area (Å²) in [6.07, 6.45) is -0.470. The van der Waals surface area contributed by atoms with Crippen LogP contribution >= 0.6 is 11.6 Å². The normalized spacial score (nSPS) is 11.3.